The maximum Gasteiger partial charge on any atom is 0.175 e. The third-order valence-electron chi connectivity index (χ3n) is 3.25. The van der Waals surface area contributed by atoms with Gasteiger partial charge in [-0.05, 0) is 19.8 Å². The highest BCUT2D eigenvalue weighted by molar-refractivity contribution is 6.02. The molecule has 0 amide bonds. The molecule has 7 nitrogen and oxygen atoms in total. The first-order valence-corrected chi connectivity index (χ1v) is 5.99. The maximum absolute atomic E-state index is 9.74. The number of aliphatic hydroxyl groups is 1. The van der Waals surface area contributed by atoms with Crippen molar-refractivity contribution in [2.45, 2.75) is 25.9 Å². The summed E-state index contributed by atoms with van der Waals surface area (Å²) in [6.45, 7) is 3.20. The minimum Gasteiger partial charge on any atom is -0.409 e. The molecule has 1 aromatic rings. The summed E-state index contributed by atoms with van der Waals surface area (Å²) in [6.07, 6.45) is 1.39. The van der Waals surface area contributed by atoms with E-state index in [0.717, 1.165) is 25.2 Å². The van der Waals surface area contributed by atoms with Crippen LogP contribution < -0.4 is 10.6 Å². The van der Waals surface area contributed by atoms with E-state index in [-0.39, 0.29) is 11.9 Å². The molecule has 7 heteroatoms. The van der Waals surface area contributed by atoms with Gasteiger partial charge in [0.25, 0.3) is 0 Å². The van der Waals surface area contributed by atoms with Crippen LogP contribution in [0.15, 0.2) is 5.16 Å². The summed E-state index contributed by atoms with van der Waals surface area (Å²) in [5.41, 5.74) is 7.05. The van der Waals surface area contributed by atoms with Gasteiger partial charge >= 0.3 is 0 Å². The lowest BCUT2D eigenvalue weighted by atomic mass is 10.1. The molecule has 0 aromatic carbocycles. The van der Waals surface area contributed by atoms with Crippen LogP contribution in [0.3, 0.4) is 0 Å². The third-order valence-corrected chi connectivity index (χ3v) is 3.25. The molecule has 18 heavy (non-hydrogen) atoms. The van der Waals surface area contributed by atoms with Crippen molar-refractivity contribution < 1.29 is 10.3 Å². The van der Waals surface area contributed by atoms with Gasteiger partial charge in [-0.3, -0.25) is 4.68 Å². The summed E-state index contributed by atoms with van der Waals surface area (Å²) in [7, 11) is 1.82. The highest BCUT2D eigenvalue weighted by atomic mass is 16.4. The SMILES string of the molecule is Cc1nn(C)c(N2CCCC(O)C2)c1C(N)=NO. The van der Waals surface area contributed by atoms with E-state index in [9.17, 15) is 5.11 Å². The first-order chi connectivity index (χ1) is 8.54. The number of oxime groups is 1. The average Bonchev–Trinajstić information content (AvgIpc) is 2.63. The van der Waals surface area contributed by atoms with Crippen LogP contribution in [0, 0.1) is 6.92 Å². The van der Waals surface area contributed by atoms with Crippen LogP contribution in [0.1, 0.15) is 24.1 Å². The Hall–Kier alpha value is -1.76. The molecule has 4 N–H and O–H groups in total. The standard InChI is InChI=1S/C11H19N5O2/c1-7-9(10(12)14-18)11(15(2)13-7)16-5-3-4-8(17)6-16/h8,17-18H,3-6H2,1-2H3,(H2,12,14). The van der Waals surface area contributed by atoms with Crippen molar-refractivity contribution in [3.63, 3.8) is 0 Å². The summed E-state index contributed by atoms with van der Waals surface area (Å²) in [5, 5.41) is 26.0. The number of hydrogen-bond donors (Lipinski definition) is 3. The number of rotatable bonds is 2. The average molecular weight is 253 g/mol. The molecule has 1 aromatic heterocycles. The van der Waals surface area contributed by atoms with E-state index in [2.05, 4.69) is 10.3 Å². The van der Waals surface area contributed by atoms with Crippen molar-refractivity contribution in [3.05, 3.63) is 11.3 Å². The van der Waals surface area contributed by atoms with E-state index in [0.29, 0.717) is 17.8 Å². The summed E-state index contributed by atoms with van der Waals surface area (Å²) >= 11 is 0. The Balaban J connectivity index is 2.43. The van der Waals surface area contributed by atoms with Crippen molar-refractivity contribution >= 4 is 11.7 Å². The molecule has 100 valence electrons. The van der Waals surface area contributed by atoms with Crippen molar-refractivity contribution in [1.29, 1.82) is 0 Å². The van der Waals surface area contributed by atoms with Gasteiger partial charge in [0, 0.05) is 20.1 Å². The number of aliphatic hydroxyl groups excluding tert-OH is 1. The predicted molar refractivity (Wildman–Crippen MR) is 67.9 cm³/mol. The van der Waals surface area contributed by atoms with Gasteiger partial charge in [-0.25, -0.2) is 0 Å². The van der Waals surface area contributed by atoms with Crippen LogP contribution in [0.25, 0.3) is 0 Å². The van der Waals surface area contributed by atoms with Crippen LogP contribution in [0.2, 0.25) is 0 Å². The lowest BCUT2D eigenvalue weighted by Crippen LogP contribution is -2.40. The second-order valence-corrected chi connectivity index (χ2v) is 4.63. The van der Waals surface area contributed by atoms with Gasteiger partial charge in [-0.2, -0.15) is 5.10 Å². The Morgan fingerprint density at radius 2 is 2.28 bits per heavy atom. The van der Waals surface area contributed by atoms with Crippen molar-refractivity contribution in [2.24, 2.45) is 17.9 Å². The second-order valence-electron chi connectivity index (χ2n) is 4.63. The van der Waals surface area contributed by atoms with E-state index in [1.807, 2.05) is 18.9 Å². The molecule has 1 aliphatic rings. The molecule has 0 saturated carbocycles. The molecule has 1 unspecified atom stereocenters. The van der Waals surface area contributed by atoms with Crippen LogP contribution in [0.5, 0.6) is 0 Å². The number of hydrogen-bond acceptors (Lipinski definition) is 5. The highest BCUT2D eigenvalue weighted by Crippen LogP contribution is 2.26. The minimum atomic E-state index is -0.339. The number of aryl methyl sites for hydroxylation is 2. The van der Waals surface area contributed by atoms with E-state index in [1.54, 1.807) is 4.68 Å². The van der Waals surface area contributed by atoms with Crippen LogP contribution >= 0.6 is 0 Å². The van der Waals surface area contributed by atoms with E-state index in [4.69, 9.17) is 10.9 Å². The third kappa shape index (κ3) is 2.13. The Morgan fingerprint density at radius 1 is 1.56 bits per heavy atom. The normalized spacial score (nSPS) is 21.4. The summed E-state index contributed by atoms with van der Waals surface area (Å²) in [4.78, 5) is 2.03. The van der Waals surface area contributed by atoms with E-state index in [1.165, 1.54) is 0 Å². The van der Waals surface area contributed by atoms with Crippen molar-refractivity contribution in [3.8, 4) is 0 Å². The number of anilines is 1. The molecule has 1 atom stereocenters. The first-order valence-electron chi connectivity index (χ1n) is 5.99. The number of β-amino-alcohol motifs (C(OH)–C–C–N with tert-alkyl or cyclic N) is 1. The molecule has 2 heterocycles. The smallest absolute Gasteiger partial charge is 0.175 e. The molecule has 1 saturated heterocycles. The zero-order valence-electron chi connectivity index (χ0n) is 10.7. The van der Waals surface area contributed by atoms with E-state index >= 15 is 0 Å². The van der Waals surface area contributed by atoms with Gasteiger partial charge < -0.3 is 20.9 Å². The molecule has 0 radical (unpaired) electrons. The highest BCUT2D eigenvalue weighted by Gasteiger charge is 2.26. The van der Waals surface area contributed by atoms with Gasteiger partial charge in [-0.15, -0.1) is 0 Å². The number of aromatic nitrogens is 2. The monoisotopic (exact) mass is 253 g/mol. The largest absolute Gasteiger partial charge is 0.409 e. The van der Waals surface area contributed by atoms with Crippen LogP contribution in [-0.2, 0) is 7.05 Å². The summed E-state index contributed by atoms with van der Waals surface area (Å²) in [6, 6.07) is 0. The Labute approximate surface area is 105 Å². The second kappa shape index (κ2) is 4.85. The fourth-order valence-corrected chi connectivity index (χ4v) is 2.51. The molecule has 2 rings (SSSR count). The first kappa shape index (κ1) is 12.7. The minimum absolute atomic E-state index is 0.0515. The summed E-state index contributed by atoms with van der Waals surface area (Å²) in [5.74, 6) is 0.845. The maximum atomic E-state index is 9.74. The molecular weight excluding hydrogens is 234 g/mol. The molecular formula is C11H19N5O2. The lowest BCUT2D eigenvalue weighted by Gasteiger charge is -2.32. The number of amidine groups is 1. The number of piperidine rings is 1. The Bertz CT molecular complexity index is 468. The van der Waals surface area contributed by atoms with Gasteiger partial charge in [0.15, 0.2) is 5.84 Å². The van der Waals surface area contributed by atoms with Crippen LogP contribution in [0.4, 0.5) is 5.82 Å². The quantitative estimate of drug-likeness (QED) is 0.293. The van der Waals surface area contributed by atoms with Crippen molar-refractivity contribution in [2.75, 3.05) is 18.0 Å². The molecule has 0 bridgehead atoms. The van der Waals surface area contributed by atoms with Gasteiger partial charge in [0.2, 0.25) is 0 Å². The Kier molecular flexibility index (Phi) is 3.42. The molecule has 0 aliphatic carbocycles. The van der Waals surface area contributed by atoms with Gasteiger partial charge in [0.05, 0.1) is 17.4 Å². The predicted octanol–water partition coefficient (Wildman–Crippen LogP) is -0.216. The zero-order valence-corrected chi connectivity index (χ0v) is 10.7. The summed E-state index contributed by atoms with van der Waals surface area (Å²) < 4.78 is 1.71. The van der Waals surface area contributed by atoms with Gasteiger partial charge in [-0.1, -0.05) is 5.16 Å². The zero-order chi connectivity index (χ0) is 13.3. The molecule has 1 fully saturated rings. The number of nitrogens with zero attached hydrogens (tertiary/aromatic N) is 4. The van der Waals surface area contributed by atoms with E-state index < -0.39 is 0 Å². The van der Waals surface area contributed by atoms with Crippen molar-refractivity contribution in [1.82, 2.24) is 9.78 Å². The fourth-order valence-electron chi connectivity index (χ4n) is 2.51. The lowest BCUT2D eigenvalue weighted by molar-refractivity contribution is 0.153. The van der Waals surface area contributed by atoms with Crippen LogP contribution in [-0.4, -0.2) is 45.1 Å². The molecule has 1 aliphatic heterocycles. The Morgan fingerprint density at radius 3 is 2.89 bits per heavy atom. The topological polar surface area (TPSA) is 99.9 Å². The number of nitrogens with two attached hydrogens (primary N) is 1. The molecule has 0 spiro atoms. The van der Waals surface area contributed by atoms with Gasteiger partial charge in [0.1, 0.15) is 5.82 Å². The fraction of sp³-hybridized carbons (Fsp3) is 0.636.